The van der Waals surface area contributed by atoms with E-state index in [1.54, 1.807) is 0 Å². The van der Waals surface area contributed by atoms with Crippen LogP contribution in [-0.2, 0) is 0 Å². The number of hydrogen-bond donors (Lipinski definition) is 3. The molecule has 1 heterocycles. The molecule has 0 spiro atoms. The highest BCUT2D eigenvalue weighted by Gasteiger charge is 2.24. The summed E-state index contributed by atoms with van der Waals surface area (Å²) in [4.78, 5) is 8.31. The van der Waals surface area contributed by atoms with Gasteiger partial charge in [-0.15, -0.1) is 0 Å². The van der Waals surface area contributed by atoms with Crippen LogP contribution < -0.4 is 11.1 Å². The van der Waals surface area contributed by atoms with E-state index in [1.807, 2.05) is 0 Å². The third kappa shape index (κ3) is 2.72. The van der Waals surface area contributed by atoms with Crippen molar-refractivity contribution in [1.82, 2.24) is 9.97 Å². The van der Waals surface area contributed by atoms with Crippen LogP contribution in [0.1, 0.15) is 51.0 Å². The molecule has 0 amide bonds. The lowest BCUT2D eigenvalue weighted by Crippen LogP contribution is -2.37. The molecule has 2 atom stereocenters. The Morgan fingerprint density at radius 2 is 2.06 bits per heavy atom. The Morgan fingerprint density at radius 1 is 1.33 bits per heavy atom. The fraction of sp³-hybridized carbons (Fsp3) is 0.692. The number of nitrogen functional groups attached to an aromatic ring is 1. The number of hydrogen-bond acceptors (Lipinski definition) is 5. The van der Waals surface area contributed by atoms with Gasteiger partial charge in [-0.25, -0.2) is 9.97 Å². The second kappa shape index (κ2) is 5.52. The Hall–Kier alpha value is -1.36. The summed E-state index contributed by atoms with van der Waals surface area (Å²) >= 11 is 0. The SMILES string of the molecule is CC(C)c1c(N)ncnc1NC1CCCCC1O. The highest BCUT2D eigenvalue weighted by atomic mass is 16.3. The maximum absolute atomic E-state index is 9.99. The highest BCUT2D eigenvalue weighted by Crippen LogP contribution is 2.29. The van der Waals surface area contributed by atoms with Crippen LogP contribution in [0.5, 0.6) is 0 Å². The zero-order valence-electron chi connectivity index (χ0n) is 11.1. The molecule has 0 aromatic carbocycles. The standard InChI is InChI=1S/C13H22N4O/c1-8(2)11-12(14)15-7-16-13(11)17-9-5-3-4-6-10(9)18/h7-10,18H,3-6H2,1-2H3,(H3,14,15,16,17). The number of aliphatic hydroxyl groups excluding tert-OH is 1. The fourth-order valence-corrected chi connectivity index (χ4v) is 2.55. The number of aromatic nitrogens is 2. The minimum atomic E-state index is -0.296. The Labute approximate surface area is 108 Å². The molecular formula is C13H22N4O. The summed E-state index contributed by atoms with van der Waals surface area (Å²) in [5.74, 6) is 1.55. The fourth-order valence-electron chi connectivity index (χ4n) is 2.55. The van der Waals surface area contributed by atoms with E-state index in [2.05, 4.69) is 29.1 Å². The second-order valence-electron chi connectivity index (χ2n) is 5.28. The summed E-state index contributed by atoms with van der Waals surface area (Å²) in [6.07, 6.45) is 5.25. The van der Waals surface area contributed by atoms with E-state index in [-0.39, 0.29) is 18.1 Å². The Kier molecular flexibility index (Phi) is 4.01. The van der Waals surface area contributed by atoms with Crippen molar-refractivity contribution < 1.29 is 5.11 Å². The molecule has 2 rings (SSSR count). The van der Waals surface area contributed by atoms with E-state index in [1.165, 1.54) is 6.33 Å². The average molecular weight is 250 g/mol. The molecule has 1 aromatic rings. The van der Waals surface area contributed by atoms with Crippen molar-refractivity contribution >= 4 is 11.6 Å². The molecule has 5 heteroatoms. The second-order valence-corrected chi connectivity index (χ2v) is 5.28. The van der Waals surface area contributed by atoms with E-state index in [4.69, 9.17) is 5.73 Å². The lowest BCUT2D eigenvalue weighted by molar-refractivity contribution is 0.116. The highest BCUT2D eigenvalue weighted by molar-refractivity contribution is 5.57. The number of nitrogens with zero attached hydrogens (tertiary/aromatic N) is 2. The lowest BCUT2D eigenvalue weighted by Gasteiger charge is -2.29. The summed E-state index contributed by atoms with van der Waals surface area (Å²) in [6.45, 7) is 4.13. The minimum absolute atomic E-state index is 0.0746. The van der Waals surface area contributed by atoms with Crippen molar-refractivity contribution in [3.05, 3.63) is 11.9 Å². The Morgan fingerprint density at radius 3 is 2.72 bits per heavy atom. The van der Waals surface area contributed by atoms with Crippen LogP contribution in [0.25, 0.3) is 0 Å². The number of rotatable bonds is 3. The van der Waals surface area contributed by atoms with Crippen LogP contribution in [-0.4, -0.2) is 27.2 Å². The molecule has 2 unspecified atom stereocenters. The summed E-state index contributed by atoms with van der Waals surface area (Å²) < 4.78 is 0. The molecule has 1 aliphatic carbocycles. The normalized spacial score (nSPS) is 24.2. The van der Waals surface area contributed by atoms with Crippen LogP contribution in [0, 0.1) is 0 Å². The Bertz CT molecular complexity index is 408. The van der Waals surface area contributed by atoms with Crippen LogP contribution in [0.15, 0.2) is 6.33 Å². The number of nitrogens with one attached hydrogen (secondary N) is 1. The van der Waals surface area contributed by atoms with Gasteiger partial charge in [0.25, 0.3) is 0 Å². The molecule has 4 N–H and O–H groups in total. The first kappa shape index (κ1) is 13.1. The van der Waals surface area contributed by atoms with Crippen molar-refractivity contribution in [3.8, 4) is 0 Å². The zero-order valence-corrected chi connectivity index (χ0v) is 11.1. The molecule has 0 radical (unpaired) electrons. The van der Waals surface area contributed by atoms with Gasteiger partial charge in [-0.2, -0.15) is 0 Å². The monoisotopic (exact) mass is 250 g/mol. The van der Waals surface area contributed by atoms with E-state index in [0.29, 0.717) is 5.82 Å². The molecule has 1 aromatic heterocycles. The lowest BCUT2D eigenvalue weighted by atomic mass is 9.92. The molecule has 0 bridgehead atoms. The number of aliphatic hydroxyl groups is 1. The largest absolute Gasteiger partial charge is 0.391 e. The molecule has 0 saturated heterocycles. The van der Waals surface area contributed by atoms with E-state index >= 15 is 0 Å². The number of nitrogens with two attached hydrogens (primary N) is 1. The van der Waals surface area contributed by atoms with Crippen molar-refractivity contribution in [2.24, 2.45) is 0 Å². The summed E-state index contributed by atoms with van der Waals surface area (Å²) in [5.41, 5.74) is 6.85. The predicted molar refractivity (Wildman–Crippen MR) is 72.4 cm³/mol. The molecule has 18 heavy (non-hydrogen) atoms. The third-order valence-electron chi connectivity index (χ3n) is 3.54. The van der Waals surface area contributed by atoms with Crippen LogP contribution >= 0.6 is 0 Å². The molecule has 1 fully saturated rings. The first-order valence-corrected chi connectivity index (χ1v) is 6.64. The molecule has 100 valence electrons. The van der Waals surface area contributed by atoms with Crippen LogP contribution in [0.3, 0.4) is 0 Å². The maximum atomic E-state index is 9.99. The van der Waals surface area contributed by atoms with Gasteiger partial charge in [0.15, 0.2) is 0 Å². The van der Waals surface area contributed by atoms with E-state index < -0.39 is 0 Å². The van der Waals surface area contributed by atoms with Gasteiger partial charge in [0.1, 0.15) is 18.0 Å². The first-order valence-electron chi connectivity index (χ1n) is 6.64. The molecular weight excluding hydrogens is 228 g/mol. The van der Waals surface area contributed by atoms with Gasteiger partial charge in [0, 0.05) is 5.56 Å². The van der Waals surface area contributed by atoms with Gasteiger partial charge in [-0.3, -0.25) is 0 Å². The first-order chi connectivity index (χ1) is 8.59. The molecule has 5 nitrogen and oxygen atoms in total. The topological polar surface area (TPSA) is 84.1 Å². The molecule has 1 saturated carbocycles. The van der Waals surface area contributed by atoms with Gasteiger partial charge < -0.3 is 16.2 Å². The van der Waals surface area contributed by atoms with Crippen LogP contribution in [0.2, 0.25) is 0 Å². The summed E-state index contributed by atoms with van der Waals surface area (Å²) in [5, 5.41) is 13.3. The summed E-state index contributed by atoms with van der Waals surface area (Å²) in [6, 6.07) is 0.0746. The van der Waals surface area contributed by atoms with Crippen molar-refractivity contribution in [3.63, 3.8) is 0 Å². The maximum Gasteiger partial charge on any atom is 0.135 e. The van der Waals surface area contributed by atoms with E-state index in [9.17, 15) is 5.11 Å². The zero-order chi connectivity index (χ0) is 13.1. The van der Waals surface area contributed by atoms with Crippen LogP contribution in [0.4, 0.5) is 11.6 Å². The smallest absolute Gasteiger partial charge is 0.135 e. The Balaban J connectivity index is 2.20. The summed E-state index contributed by atoms with van der Waals surface area (Å²) in [7, 11) is 0. The van der Waals surface area contributed by atoms with Gasteiger partial charge in [-0.1, -0.05) is 26.7 Å². The van der Waals surface area contributed by atoms with Crippen molar-refractivity contribution in [1.29, 1.82) is 0 Å². The van der Waals surface area contributed by atoms with E-state index in [0.717, 1.165) is 37.1 Å². The van der Waals surface area contributed by atoms with Crippen molar-refractivity contribution in [2.45, 2.75) is 57.6 Å². The van der Waals surface area contributed by atoms with Gasteiger partial charge in [0.05, 0.1) is 12.1 Å². The quantitative estimate of drug-likeness (QED) is 0.763. The van der Waals surface area contributed by atoms with Gasteiger partial charge in [-0.05, 0) is 18.8 Å². The van der Waals surface area contributed by atoms with Gasteiger partial charge >= 0.3 is 0 Å². The molecule has 1 aliphatic rings. The third-order valence-corrected chi connectivity index (χ3v) is 3.54. The van der Waals surface area contributed by atoms with Gasteiger partial charge in [0.2, 0.25) is 0 Å². The minimum Gasteiger partial charge on any atom is -0.391 e. The average Bonchev–Trinajstić information content (AvgIpc) is 2.31. The predicted octanol–water partition coefficient (Wildman–Crippen LogP) is 1.90. The van der Waals surface area contributed by atoms with Crippen molar-refractivity contribution in [2.75, 3.05) is 11.1 Å². The number of anilines is 2. The molecule has 0 aliphatic heterocycles.